The number of nitrogens with one attached hydrogen (secondary N) is 1. The Balaban J connectivity index is 1.68. The van der Waals surface area contributed by atoms with E-state index in [1.54, 1.807) is 30.3 Å². The fourth-order valence-corrected chi connectivity index (χ4v) is 2.93. The molecule has 0 saturated heterocycles. The van der Waals surface area contributed by atoms with E-state index in [1.165, 1.54) is 13.0 Å². The molecular weight excluding hydrogens is 378 g/mol. The lowest BCUT2D eigenvalue weighted by atomic mass is 9.98. The first-order valence-corrected chi connectivity index (χ1v) is 9.68. The van der Waals surface area contributed by atoms with Crippen LogP contribution < -0.4 is 5.32 Å². The molecule has 0 aliphatic carbocycles. The van der Waals surface area contributed by atoms with Gasteiger partial charge in [-0.2, -0.15) is 0 Å². The molecule has 152 valence electrons. The van der Waals surface area contributed by atoms with Crippen LogP contribution in [0.15, 0.2) is 78.9 Å². The van der Waals surface area contributed by atoms with Crippen LogP contribution in [0, 0.1) is 6.92 Å². The summed E-state index contributed by atoms with van der Waals surface area (Å²) in [7, 11) is 0. The third kappa shape index (κ3) is 5.20. The SMILES string of the molecule is Cc1ccc(C(=O)c2ccccc2C(=O)O[C@@H](C)C(=O)NCc2ccccc2)cc1. The molecule has 0 aliphatic heterocycles. The van der Waals surface area contributed by atoms with E-state index in [1.807, 2.05) is 49.4 Å². The molecule has 0 aromatic heterocycles. The van der Waals surface area contributed by atoms with Gasteiger partial charge in [0.25, 0.3) is 5.91 Å². The van der Waals surface area contributed by atoms with Gasteiger partial charge in [-0.15, -0.1) is 0 Å². The van der Waals surface area contributed by atoms with Crippen molar-refractivity contribution in [2.45, 2.75) is 26.5 Å². The monoisotopic (exact) mass is 401 g/mol. The summed E-state index contributed by atoms with van der Waals surface area (Å²) in [5.41, 5.74) is 2.83. The lowest BCUT2D eigenvalue weighted by Gasteiger charge is -2.15. The molecule has 0 bridgehead atoms. The zero-order valence-corrected chi connectivity index (χ0v) is 16.9. The van der Waals surface area contributed by atoms with E-state index in [4.69, 9.17) is 4.74 Å². The maximum atomic E-state index is 12.9. The van der Waals surface area contributed by atoms with Gasteiger partial charge in [0.2, 0.25) is 0 Å². The van der Waals surface area contributed by atoms with E-state index in [9.17, 15) is 14.4 Å². The number of ether oxygens (including phenoxy) is 1. The molecule has 1 atom stereocenters. The fraction of sp³-hybridized carbons (Fsp3) is 0.160. The molecule has 0 radical (unpaired) electrons. The normalized spacial score (nSPS) is 11.4. The van der Waals surface area contributed by atoms with Crippen molar-refractivity contribution in [2.75, 3.05) is 0 Å². The number of benzene rings is 3. The minimum absolute atomic E-state index is 0.130. The molecule has 0 aliphatic rings. The number of amides is 1. The minimum Gasteiger partial charge on any atom is -0.449 e. The molecule has 3 rings (SSSR count). The topological polar surface area (TPSA) is 72.5 Å². The smallest absolute Gasteiger partial charge is 0.339 e. The number of rotatable bonds is 7. The Bertz CT molecular complexity index is 1040. The number of hydrogen-bond donors (Lipinski definition) is 1. The molecule has 3 aromatic rings. The summed E-state index contributed by atoms with van der Waals surface area (Å²) in [5, 5.41) is 2.74. The van der Waals surface area contributed by atoms with E-state index in [-0.39, 0.29) is 16.9 Å². The second-order valence-electron chi connectivity index (χ2n) is 6.99. The first-order chi connectivity index (χ1) is 14.5. The van der Waals surface area contributed by atoms with Crippen molar-refractivity contribution in [1.29, 1.82) is 0 Å². The Morgan fingerprint density at radius 3 is 2.10 bits per heavy atom. The second kappa shape index (κ2) is 9.65. The largest absolute Gasteiger partial charge is 0.449 e. The van der Waals surface area contributed by atoms with Crippen LogP contribution in [-0.2, 0) is 16.1 Å². The average Bonchev–Trinajstić information content (AvgIpc) is 2.78. The van der Waals surface area contributed by atoms with Gasteiger partial charge < -0.3 is 10.1 Å². The molecule has 0 heterocycles. The number of ketones is 1. The molecule has 5 heteroatoms. The van der Waals surface area contributed by atoms with Crippen molar-refractivity contribution >= 4 is 17.7 Å². The molecule has 5 nitrogen and oxygen atoms in total. The fourth-order valence-electron chi connectivity index (χ4n) is 2.93. The minimum atomic E-state index is -0.997. The first-order valence-electron chi connectivity index (χ1n) is 9.68. The standard InChI is InChI=1S/C25H23NO4/c1-17-12-14-20(15-13-17)23(27)21-10-6-7-11-22(21)25(29)30-18(2)24(28)26-16-19-8-4-3-5-9-19/h3-15,18H,16H2,1-2H3,(H,26,28)/t18-/m0/s1. The third-order valence-corrected chi connectivity index (χ3v) is 4.67. The van der Waals surface area contributed by atoms with Gasteiger partial charge in [-0.05, 0) is 25.5 Å². The van der Waals surface area contributed by atoms with Crippen LogP contribution in [0.2, 0.25) is 0 Å². The lowest BCUT2D eigenvalue weighted by Crippen LogP contribution is -2.35. The highest BCUT2D eigenvalue weighted by Crippen LogP contribution is 2.17. The van der Waals surface area contributed by atoms with Gasteiger partial charge in [-0.25, -0.2) is 4.79 Å². The van der Waals surface area contributed by atoms with Crippen molar-refractivity contribution in [2.24, 2.45) is 0 Å². The number of carbonyl (C=O) groups excluding carboxylic acids is 3. The van der Waals surface area contributed by atoms with Crippen LogP contribution in [0.5, 0.6) is 0 Å². The van der Waals surface area contributed by atoms with Crippen LogP contribution in [0.3, 0.4) is 0 Å². The number of carbonyl (C=O) groups is 3. The molecule has 0 fully saturated rings. The van der Waals surface area contributed by atoms with Crippen molar-refractivity contribution in [3.63, 3.8) is 0 Å². The molecular formula is C25H23NO4. The number of esters is 1. The first kappa shape index (κ1) is 21.0. The molecule has 30 heavy (non-hydrogen) atoms. The van der Waals surface area contributed by atoms with E-state index in [0.717, 1.165) is 11.1 Å². The zero-order chi connectivity index (χ0) is 21.5. The molecule has 0 unspecified atom stereocenters. The van der Waals surface area contributed by atoms with Crippen molar-refractivity contribution < 1.29 is 19.1 Å². The Labute approximate surface area is 175 Å². The summed E-state index contributed by atoms with van der Waals surface area (Å²) in [6.45, 7) is 3.77. The molecule has 3 aromatic carbocycles. The molecule has 0 saturated carbocycles. The van der Waals surface area contributed by atoms with Gasteiger partial charge in [-0.3, -0.25) is 9.59 Å². The van der Waals surface area contributed by atoms with Crippen molar-refractivity contribution in [3.05, 3.63) is 107 Å². The van der Waals surface area contributed by atoms with Gasteiger partial charge in [-0.1, -0.05) is 78.4 Å². The van der Waals surface area contributed by atoms with Crippen LogP contribution in [-0.4, -0.2) is 23.8 Å². The van der Waals surface area contributed by atoms with Crippen molar-refractivity contribution in [1.82, 2.24) is 5.32 Å². The summed E-state index contributed by atoms with van der Waals surface area (Å²) in [6.07, 6.45) is -0.997. The maximum absolute atomic E-state index is 12.9. The van der Waals surface area contributed by atoms with Crippen LogP contribution in [0.1, 0.15) is 44.3 Å². The Hall–Kier alpha value is -3.73. The van der Waals surface area contributed by atoms with Gasteiger partial charge in [0.05, 0.1) is 5.56 Å². The van der Waals surface area contributed by atoms with E-state index in [2.05, 4.69) is 5.32 Å². The highest BCUT2D eigenvalue weighted by molar-refractivity contribution is 6.14. The Morgan fingerprint density at radius 2 is 1.43 bits per heavy atom. The lowest BCUT2D eigenvalue weighted by molar-refractivity contribution is -0.129. The second-order valence-corrected chi connectivity index (χ2v) is 6.99. The van der Waals surface area contributed by atoms with E-state index in [0.29, 0.717) is 12.1 Å². The zero-order valence-electron chi connectivity index (χ0n) is 16.9. The predicted octanol–water partition coefficient (Wildman–Crippen LogP) is 4.09. The maximum Gasteiger partial charge on any atom is 0.339 e. The third-order valence-electron chi connectivity index (χ3n) is 4.67. The van der Waals surface area contributed by atoms with Gasteiger partial charge >= 0.3 is 5.97 Å². The van der Waals surface area contributed by atoms with Gasteiger partial charge in [0.15, 0.2) is 11.9 Å². The van der Waals surface area contributed by atoms with Crippen LogP contribution in [0.4, 0.5) is 0 Å². The average molecular weight is 401 g/mol. The number of hydrogen-bond acceptors (Lipinski definition) is 4. The van der Waals surface area contributed by atoms with Crippen LogP contribution in [0.25, 0.3) is 0 Å². The number of aryl methyl sites for hydroxylation is 1. The van der Waals surface area contributed by atoms with Crippen molar-refractivity contribution in [3.8, 4) is 0 Å². The van der Waals surface area contributed by atoms with E-state index < -0.39 is 18.0 Å². The quantitative estimate of drug-likeness (QED) is 0.478. The Morgan fingerprint density at radius 1 is 0.833 bits per heavy atom. The summed E-state index contributed by atoms with van der Waals surface area (Å²) in [4.78, 5) is 37.9. The van der Waals surface area contributed by atoms with Gasteiger partial charge in [0.1, 0.15) is 0 Å². The molecule has 0 spiro atoms. The summed E-state index contributed by atoms with van der Waals surface area (Å²) in [5.74, 6) is -1.40. The summed E-state index contributed by atoms with van der Waals surface area (Å²) < 4.78 is 5.33. The summed E-state index contributed by atoms with van der Waals surface area (Å²) in [6, 6.07) is 23.0. The highest BCUT2D eigenvalue weighted by Gasteiger charge is 2.23. The summed E-state index contributed by atoms with van der Waals surface area (Å²) >= 11 is 0. The molecule has 1 amide bonds. The predicted molar refractivity (Wildman–Crippen MR) is 114 cm³/mol. The van der Waals surface area contributed by atoms with E-state index >= 15 is 0 Å². The highest BCUT2D eigenvalue weighted by atomic mass is 16.5. The Kier molecular flexibility index (Phi) is 6.75. The van der Waals surface area contributed by atoms with Gasteiger partial charge in [0, 0.05) is 17.7 Å². The van der Waals surface area contributed by atoms with Crippen LogP contribution >= 0.6 is 0 Å². The molecule has 1 N–H and O–H groups in total.